The zero-order valence-electron chi connectivity index (χ0n) is 9.54. The minimum atomic E-state index is 0.0122. The molecule has 0 saturated carbocycles. The summed E-state index contributed by atoms with van der Waals surface area (Å²) in [7, 11) is 0. The van der Waals surface area contributed by atoms with Crippen LogP contribution in [0.2, 0.25) is 0 Å². The molecule has 1 heterocycles. The SMILES string of the molecule is C=COCCCNC(=O)CC1CNCCO1. The quantitative estimate of drug-likeness (QED) is 0.477. The van der Waals surface area contributed by atoms with Crippen LogP contribution in [0.1, 0.15) is 12.8 Å². The van der Waals surface area contributed by atoms with Crippen LogP contribution in [0.25, 0.3) is 0 Å². The Morgan fingerprint density at radius 2 is 2.56 bits per heavy atom. The molecule has 0 aliphatic carbocycles. The minimum absolute atomic E-state index is 0.0122. The Kier molecular flexibility index (Phi) is 6.60. The molecule has 0 aromatic heterocycles. The van der Waals surface area contributed by atoms with Gasteiger partial charge in [0.1, 0.15) is 0 Å². The molecular weight excluding hydrogens is 208 g/mol. The number of hydrogen-bond donors (Lipinski definition) is 2. The summed E-state index contributed by atoms with van der Waals surface area (Å²) in [6.45, 7) is 6.97. The third-order valence-electron chi connectivity index (χ3n) is 2.30. The molecule has 1 amide bonds. The molecule has 0 aromatic carbocycles. The third-order valence-corrected chi connectivity index (χ3v) is 2.30. The number of nitrogens with one attached hydrogen (secondary N) is 2. The predicted molar refractivity (Wildman–Crippen MR) is 61.0 cm³/mol. The molecule has 1 atom stereocenters. The Hall–Kier alpha value is -1.07. The number of carbonyl (C=O) groups is 1. The first-order valence-corrected chi connectivity index (χ1v) is 5.64. The van der Waals surface area contributed by atoms with E-state index in [-0.39, 0.29) is 12.0 Å². The van der Waals surface area contributed by atoms with E-state index in [1.165, 1.54) is 6.26 Å². The van der Waals surface area contributed by atoms with Crippen molar-refractivity contribution in [1.29, 1.82) is 0 Å². The summed E-state index contributed by atoms with van der Waals surface area (Å²) in [5.41, 5.74) is 0. The van der Waals surface area contributed by atoms with E-state index in [1.807, 2.05) is 0 Å². The highest BCUT2D eigenvalue weighted by atomic mass is 16.5. The van der Waals surface area contributed by atoms with Crippen LogP contribution in [-0.2, 0) is 14.3 Å². The van der Waals surface area contributed by atoms with E-state index in [9.17, 15) is 4.79 Å². The van der Waals surface area contributed by atoms with Gasteiger partial charge >= 0.3 is 0 Å². The summed E-state index contributed by atoms with van der Waals surface area (Å²) >= 11 is 0. The van der Waals surface area contributed by atoms with E-state index in [2.05, 4.69) is 17.2 Å². The van der Waals surface area contributed by atoms with Gasteiger partial charge in [-0.1, -0.05) is 6.58 Å². The standard InChI is InChI=1S/C11H20N2O3/c1-2-15-6-3-4-13-11(14)8-10-9-12-5-7-16-10/h2,10,12H,1,3-9H2,(H,13,14). The van der Waals surface area contributed by atoms with Crippen LogP contribution in [0.5, 0.6) is 0 Å². The Balaban J connectivity index is 1.99. The third kappa shape index (κ3) is 5.72. The summed E-state index contributed by atoms with van der Waals surface area (Å²) in [5, 5.41) is 6.02. The average Bonchev–Trinajstić information content (AvgIpc) is 2.30. The van der Waals surface area contributed by atoms with Gasteiger partial charge in [0.25, 0.3) is 0 Å². The fourth-order valence-corrected chi connectivity index (χ4v) is 1.50. The van der Waals surface area contributed by atoms with Crippen LogP contribution in [0.3, 0.4) is 0 Å². The zero-order chi connectivity index (χ0) is 11.6. The van der Waals surface area contributed by atoms with Crippen LogP contribution in [0.15, 0.2) is 12.8 Å². The molecule has 0 aromatic rings. The molecular formula is C11H20N2O3. The van der Waals surface area contributed by atoms with E-state index in [0.29, 0.717) is 26.2 Å². The Morgan fingerprint density at radius 1 is 1.69 bits per heavy atom. The van der Waals surface area contributed by atoms with E-state index >= 15 is 0 Å². The van der Waals surface area contributed by atoms with Gasteiger partial charge in [-0.25, -0.2) is 0 Å². The zero-order valence-corrected chi connectivity index (χ0v) is 9.54. The fraction of sp³-hybridized carbons (Fsp3) is 0.727. The van der Waals surface area contributed by atoms with Gasteiger partial charge in [0.2, 0.25) is 5.91 Å². The molecule has 1 aliphatic rings. The number of morpholine rings is 1. The van der Waals surface area contributed by atoms with Gasteiger partial charge in [-0.2, -0.15) is 0 Å². The van der Waals surface area contributed by atoms with Crippen LogP contribution in [0, 0.1) is 0 Å². The number of carbonyl (C=O) groups excluding carboxylic acids is 1. The number of amides is 1. The molecule has 16 heavy (non-hydrogen) atoms. The summed E-state index contributed by atoms with van der Waals surface area (Å²) < 4.78 is 10.4. The van der Waals surface area contributed by atoms with Crippen molar-refractivity contribution in [2.75, 3.05) is 32.8 Å². The largest absolute Gasteiger partial charge is 0.502 e. The lowest BCUT2D eigenvalue weighted by molar-refractivity contribution is -0.124. The van der Waals surface area contributed by atoms with Crippen molar-refractivity contribution in [3.8, 4) is 0 Å². The first kappa shape index (κ1) is 13.0. The fourth-order valence-electron chi connectivity index (χ4n) is 1.50. The first-order valence-electron chi connectivity index (χ1n) is 5.64. The van der Waals surface area contributed by atoms with Gasteiger partial charge in [-0.05, 0) is 6.42 Å². The molecule has 1 aliphatic heterocycles. The number of rotatable bonds is 7. The Labute approximate surface area is 96.2 Å². The van der Waals surface area contributed by atoms with E-state index in [0.717, 1.165) is 19.5 Å². The van der Waals surface area contributed by atoms with Gasteiger partial charge in [0.15, 0.2) is 0 Å². The van der Waals surface area contributed by atoms with Gasteiger partial charge in [0.05, 0.1) is 32.0 Å². The molecule has 0 bridgehead atoms. The van der Waals surface area contributed by atoms with Crippen molar-refractivity contribution in [1.82, 2.24) is 10.6 Å². The first-order chi connectivity index (χ1) is 7.83. The van der Waals surface area contributed by atoms with Crippen LogP contribution < -0.4 is 10.6 Å². The van der Waals surface area contributed by atoms with E-state index in [4.69, 9.17) is 9.47 Å². The predicted octanol–water partition coefficient (Wildman–Crippen LogP) is 0.0313. The van der Waals surface area contributed by atoms with E-state index < -0.39 is 0 Å². The summed E-state index contributed by atoms with van der Waals surface area (Å²) in [4.78, 5) is 11.5. The molecule has 1 saturated heterocycles. The van der Waals surface area contributed by atoms with Gasteiger partial charge in [-0.15, -0.1) is 0 Å². The number of hydrogen-bond acceptors (Lipinski definition) is 4. The molecule has 0 spiro atoms. The van der Waals surface area contributed by atoms with Crippen LogP contribution >= 0.6 is 0 Å². The molecule has 92 valence electrons. The highest BCUT2D eigenvalue weighted by molar-refractivity contribution is 5.76. The maximum atomic E-state index is 11.5. The highest BCUT2D eigenvalue weighted by Crippen LogP contribution is 2.00. The molecule has 0 radical (unpaired) electrons. The van der Waals surface area contributed by atoms with Crippen molar-refractivity contribution in [3.63, 3.8) is 0 Å². The normalized spacial score (nSPS) is 20.1. The highest BCUT2D eigenvalue weighted by Gasteiger charge is 2.16. The van der Waals surface area contributed by atoms with Crippen molar-refractivity contribution in [3.05, 3.63) is 12.8 Å². The van der Waals surface area contributed by atoms with Gasteiger partial charge < -0.3 is 20.1 Å². The Bertz CT molecular complexity index is 215. The summed E-state index contributed by atoms with van der Waals surface area (Å²) in [6, 6.07) is 0. The molecule has 2 N–H and O–H groups in total. The number of ether oxygens (including phenoxy) is 2. The van der Waals surface area contributed by atoms with E-state index in [1.54, 1.807) is 0 Å². The maximum absolute atomic E-state index is 11.5. The second-order valence-electron chi connectivity index (χ2n) is 3.64. The molecule has 1 unspecified atom stereocenters. The minimum Gasteiger partial charge on any atom is -0.502 e. The lowest BCUT2D eigenvalue weighted by Crippen LogP contribution is -2.41. The van der Waals surface area contributed by atoms with Crippen molar-refractivity contribution in [2.45, 2.75) is 18.9 Å². The monoisotopic (exact) mass is 228 g/mol. The van der Waals surface area contributed by atoms with Gasteiger partial charge in [0, 0.05) is 19.6 Å². The van der Waals surface area contributed by atoms with Crippen LogP contribution in [-0.4, -0.2) is 44.9 Å². The lowest BCUT2D eigenvalue weighted by atomic mass is 10.2. The Morgan fingerprint density at radius 3 is 3.25 bits per heavy atom. The molecule has 5 nitrogen and oxygen atoms in total. The maximum Gasteiger partial charge on any atom is 0.222 e. The molecule has 1 fully saturated rings. The topological polar surface area (TPSA) is 59.6 Å². The second-order valence-corrected chi connectivity index (χ2v) is 3.64. The lowest BCUT2D eigenvalue weighted by Gasteiger charge is -2.23. The molecule has 1 rings (SSSR count). The second kappa shape index (κ2) is 8.13. The summed E-state index contributed by atoms with van der Waals surface area (Å²) in [6.07, 6.45) is 2.64. The van der Waals surface area contributed by atoms with Crippen molar-refractivity contribution in [2.24, 2.45) is 0 Å². The van der Waals surface area contributed by atoms with Gasteiger partial charge in [-0.3, -0.25) is 4.79 Å². The van der Waals surface area contributed by atoms with Crippen molar-refractivity contribution < 1.29 is 14.3 Å². The smallest absolute Gasteiger partial charge is 0.222 e. The molecule has 5 heteroatoms. The average molecular weight is 228 g/mol. The van der Waals surface area contributed by atoms with Crippen LogP contribution in [0.4, 0.5) is 0 Å². The van der Waals surface area contributed by atoms with Crippen molar-refractivity contribution >= 4 is 5.91 Å². The summed E-state index contributed by atoms with van der Waals surface area (Å²) in [5.74, 6) is 0.0345.